The van der Waals surface area contributed by atoms with E-state index in [1.807, 2.05) is 20.8 Å². The monoisotopic (exact) mass is 1230 g/mol. The summed E-state index contributed by atoms with van der Waals surface area (Å²) in [5, 5.41) is 161. The number of hydrogen-bond donors (Lipinski definition) is 16. The average Bonchev–Trinajstić information content (AvgIpc) is 1.27. The number of aliphatic hydroxyl groups excluding tert-OH is 12. The second-order valence-electron chi connectivity index (χ2n) is 25.0. The summed E-state index contributed by atoms with van der Waals surface area (Å²) in [6.07, 6.45) is -8.28. The van der Waals surface area contributed by atoms with E-state index in [1.165, 1.54) is 6.08 Å². The molecule has 23 atom stereocenters. The number of nitrogens with one attached hydrogen (secondary N) is 2. The van der Waals surface area contributed by atoms with Crippen molar-refractivity contribution in [2.45, 2.75) is 262 Å². The van der Waals surface area contributed by atoms with Gasteiger partial charge in [0.2, 0.25) is 0 Å². The van der Waals surface area contributed by atoms with Gasteiger partial charge in [-0.15, -0.1) is 0 Å². The minimum absolute atomic E-state index is 0.0103. The maximum Gasteiger partial charge on any atom is 0.317 e. The number of aliphatic carboxylic acids is 1. The van der Waals surface area contributed by atoms with Crippen LogP contribution >= 0.6 is 0 Å². The van der Waals surface area contributed by atoms with Crippen molar-refractivity contribution in [3.05, 3.63) is 47.6 Å². The number of aliphatic imine (C=N–C) groups is 1. The van der Waals surface area contributed by atoms with E-state index >= 15 is 0 Å². The molecule has 23 unspecified atom stereocenters. The Hall–Kier alpha value is -3.92. The Labute approximate surface area is 510 Å². The van der Waals surface area contributed by atoms with Crippen molar-refractivity contribution in [3.63, 3.8) is 0 Å². The first-order valence-corrected chi connectivity index (χ1v) is 31.0. The summed E-state index contributed by atoms with van der Waals surface area (Å²) in [5.41, 5.74) is 1.49. The predicted molar refractivity (Wildman–Crippen MR) is 324 cm³/mol. The molecule has 2 bridgehead atoms. The normalized spacial score (nSPS) is 39.4. The molecule has 0 saturated carbocycles. The molecule has 1 saturated heterocycles. The zero-order chi connectivity index (χ0) is 65.2. The molecule has 86 heavy (non-hydrogen) atoms. The van der Waals surface area contributed by atoms with Gasteiger partial charge in [-0.25, -0.2) is 0 Å². The molecule has 2 aliphatic heterocycles. The highest BCUT2D eigenvalue weighted by atomic mass is 16.7. The molecule has 0 amide bonds. The van der Waals surface area contributed by atoms with Crippen molar-refractivity contribution in [3.8, 4) is 0 Å². The van der Waals surface area contributed by atoms with Crippen LogP contribution in [-0.4, -0.2) is 213 Å². The fraction of sp³-hybridized carbons (Fsp3) is 0.810. The van der Waals surface area contributed by atoms with Crippen LogP contribution in [0.3, 0.4) is 0 Å². The largest absolute Gasteiger partial charge is 0.481 e. The first kappa shape index (κ1) is 78.2. The number of esters is 2. The summed E-state index contributed by atoms with van der Waals surface area (Å²) in [5.74, 6) is -9.85. The van der Waals surface area contributed by atoms with Gasteiger partial charge in [0.1, 0.15) is 24.7 Å². The minimum Gasteiger partial charge on any atom is -0.481 e. The number of guanidine groups is 1. The molecule has 2 heterocycles. The van der Waals surface area contributed by atoms with Crippen molar-refractivity contribution in [1.82, 2.24) is 10.6 Å². The number of allylic oxidation sites excluding steroid dienone is 4. The quantitative estimate of drug-likeness (QED) is 0.0333. The molecule has 23 heteroatoms. The molecule has 0 spiro atoms. The van der Waals surface area contributed by atoms with Crippen LogP contribution in [0.1, 0.15) is 165 Å². The standard InChI is InChI=1S/C63H111N3O20/c1-35(18-14-12-13-17-25-66-62(64-10)65-11)26-39(5)59-38(4)19-15-16-20-48(69)40(6)51(72)30-45(68)28-46(84-57(79)33-56(77)78)27-44(67)29-47-31-54(75)60(81)63(83,86-47)34-55(76)36(2)21-23-49(70)41(7)52(73)32-53(74)42(8)50(71)24-22-37(3)58(80)43(9)61(82)85-59/h15-16,18-20,22,36,38-55,58-60,67-76,80-81,83H,12-14,17,21,23-34H2,1-11H3,(H,77,78)(H2,64,65,66)/b19-15+,20-16+,35-18+,37-22+. The van der Waals surface area contributed by atoms with Gasteiger partial charge >= 0.3 is 17.9 Å². The van der Waals surface area contributed by atoms with E-state index in [2.05, 4.69) is 21.7 Å². The van der Waals surface area contributed by atoms with Gasteiger partial charge in [-0.2, -0.15) is 0 Å². The summed E-state index contributed by atoms with van der Waals surface area (Å²) in [6.45, 7) is 16.2. The Kier molecular flexibility index (Phi) is 35.7. The van der Waals surface area contributed by atoms with Gasteiger partial charge in [0, 0.05) is 70.0 Å². The second kappa shape index (κ2) is 39.3. The van der Waals surface area contributed by atoms with Gasteiger partial charge in [0.05, 0.1) is 79.2 Å². The summed E-state index contributed by atoms with van der Waals surface area (Å²) in [6, 6.07) is 0. The van der Waals surface area contributed by atoms with Gasteiger partial charge in [-0.05, 0) is 102 Å². The Morgan fingerprint density at radius 2 is 1.37 bits per heavy atom. The van der Waals surface area contributed by atoms with Crippen LogP contribution in [0.25, 0.3) is 0 Å². The number of ether oxygens (including phenoxy) is 3. The van der Waals surface area contributed by atoms with E-state index in [9.17, 15) is 85.9 Å². The molecule has 23 nitrogen and oxygen atoms in total. The summed E-state index contributed by atoms with van der Waals surface area (Å²) < 4.78 is 17.5. The lowest BCUT2D eigenvalue weighted by Gasteiger charge is -2.45. The molecular formula is C63H111N3O20. The number of cyclic esters (lactones) is 1. The molecule has 0 aromatic carbocycles. The zero-order valence-corrected chi connectivity index (χ0v) is 52.8. The average molecular weight is 1230 g/mol. The zero-order valence-electron chi connectivity index (χ0n) is 52.8. The van der Waals surface area contributed by atoms with E-state index in [1.54, 1.807) is 79.9 Å². The third kappa shape index (κ3) is 27.4. The summed E-state index contributed by atoms with van der Waals surface area (Å²) in [4.78, 5) is 42.1. The third-order valence-corrected chi connectivity index (χ3v) is 17.5. The number of unbranched alkanes of at least 4 members (excludes halogenated alkanes) is 3. The molecule has 498 valence electrons. The van der Waals surface area contributed by atoms with Gasteiger partial charge in [0.25, 0.3) is 0 Å². The number of fused-ring (bicyclic) bond motifs is 2. The van der Waals surface area contributed by atoms with E-state index in [4.69, 9.17) is 14.2 Å². The van der Waals surface area contributed by atoms with Crippen molar-refractivity contribution in [2.24, 2.45) is 46.4 Å². The third-order valence-electron chi connectivity index (χ3n) is 17.5. The fourth-order valence-electron chi connectivity index (χ4n) is 11.2. The molecule has 2 aliphatic rings. The smallest absolute Gasteiger partial charge is 0.317 e. The van der Waals surface area contributed by atoms with E-state index in [-0.39, 0.29) is 50.9 Å². The number of nitrogens with zero attached hydrogens (tertiary/aromatic N) is 1. The maximum atomic E-state index is 14.0. The van der Waals surface area contributed by atoms with Crippen LogP contribution in [0.4, 0.5) is 0 Å². The molecule has 0 aromatic heterocycles. The fourth-order valence-corrected chi connectivity index (χ4v) is 11.2. The molecule has 0 aromatic rings. The number of carbonyl (C=O) groups excluding carboxylic acids is 2. The Morgan fingerprint density at radius 1 is 0.767 bits per heavy atom. The van der Waals surface area contributed by atoms with Crippen molar-refractivity contribution in [2.75, 3.05) is 20.6 Å². The highest BCUT2D eigenvalue weighted by molar-refractivity contribution is 5.90. The number of rotatable bonds is 12. The van der Waals surface area contributed by atoms with E-state index < -0.39 is 176 Å². The Bertz CT molecular complexity index is 2150. The number of carboxylic acids is 1. The van der Waals surface area contributed by atoms with Crippen molar-refractivity contribution >= 4 is 23.9 Å². The number of carboxylic acid groups (broad SMARTS) is 1. The van der Waals surface area contributed by atoms with Crippen LogP contribution < -0.4 is 10.6 Å². The lowest BCUT2D eigenvalue weighted by atomic mass is 9.83. The summed E-state index contributed by atoms with van der Waals surface area (Å²) >= 11 is 0. The van der Waals surface area contributed by atoms with Crippen molar-refractivity contribution in [1.29, 1.82) is 0 Å². The van der Waals surface area contributed by atoms with E-state index in [0.29, 0.717) is 12.0 Å². The maximum absolute atomic E-state index is 14.0. The number of hydrogen-bond acceptors (Lipinski definition) is 20. The van der Waals surface area contributed by atoms with Gasteiger partial charge < -0.3 is 96.3 Å². The van der Waals surface area contributed by atoms with Crippen LogP contribution in [0, 0.1) is 41.4 Å². The van der Waals surface area contributed by atoms with Gasteiger partial charge in [0.15, 0.2) is 11.7 Å². The Balaban J connectivity index is 2.49. The first-order valence-electron chi connectivity index (χ1n) is 31.0. The van der Waals surface area contributed by atoms with Crippen LogP contribution in [0.15, 0.2) is 52.6 Å². The van der Waals surface area contributed by atoms with Crippen LogP contribution in [0.5, 0.6) is 0 Å². The minimum atomic E-state index is -2.53. The van der Waals surface area contributed by atoms with Crippen LogP contribution in [-0.2, 0) is 28.6 Å². The van der Waals surface area contributed by atoms with Crippen molar-refractivity contribution < 1.29 is 100 Å². The van der Waals surface area contributed by atoms with Crippen LogP contribution in [0.2, 0.25) is 0 Å². The SMILES string of the molecule is CN=C(NC)NCCCCC/C=C(\C)CC(C)C1OC(=O)C(C)C(O)/C(C)=C/CC(O)C(C)C(O)CC(O)C(C)C(O)CCC(C)C(O)CC2(O)OC(CC(O)CC(OC(=O)CC(=O)O)CC(O)CC(O)C(C)C(O)/C=C/C=C/C1C)CC(O)C2O. The molecule has 16 N–H and O–H groups in total. The topological polar surface area (TPSA) is 399 Å². The first-order chi connectivity index (χ1) is 40.2. The number of aliphatic hydroxyl groups is 13. The van der Waals surface area contributed by atoms with E-state index in [0.717, 1.165) is 43.8 Å². The lowest BCUT2D eigenvalue weighted by molar-refractivity contribution is -0.333. The lowest BCUT2D eigenvalue weighted by Crippen LogP contribution is -2.59. The highest BCUT2D eigenvalue weighted by Gasteiger charge is 2.50. The molecule has 0 radical (unpaired) electrons. The van der Waals surface area contributed by atoms with Gasteiger partial charge in [-0.3, -0.25) is 19.4 Å². The van der Waals surface area contributed by atoms with Gasteiger partial charge in [-0.1, -0.05) is 90.0 Å². The highest BCUT2D eigenvalue weighted by Crippen LogP contribution is 2.36. The molecular weight excluding hydrogens is 1120 g/mol. The second-order valence-corrected chi connectivity index (χ2v) is 25.0. The molecule has 2 rings (SSSR count). The number of carbonyl (C=O) groups is 3. The Morgan fingerprint density at radius 3 is 1.99 bits per heavy atom. The molecule has 1 fully saturated rings. The molecule has 0 aliphatic carbocycles. The predicted octanol–water partition coefficient (Wildman–Crippen LogP) is 2.82. The summed E-state index contributed by atoms with van der Waals surface area (Å²) in [7, 11) is 3.52.